The summed E-state index contributed by atoms with van der Waals surface area (Å²) in [5.41, 5.74) is 2.81. The summed E-state index contributed by atoms with van der Waals surface area (Å²) >= 11 is 0. The van der Waals surface area contributed by atoms with E-state index >= 15 is 0 Å². The molecule has 108 valence electrons. The fourth-order valence-corrected chi connectivity index (χ4v) is 2.96. The highest BCUT2D eigenvalue weighted by Crippen LogP contribution is 2.25. The lowest BCUT2D eigenvalue weighted by Gasteiger charge is -2.27. The fraction of sp³-hybridized carbons (Fsp3) is 0.688. The average molecular weight is 272 g/mol. The lowest BCUT2D eigenvalue weighted by molar-refractivity contribution is 0.551. The molecule has 1 saturated heterocycles. The molecule has 0 aliphatic carbocycles. The first kappa shape index (κ1) is 14.8. The predicted octanol–water partition coefficient (Wildman–Crippen LogP) is 3.24. The zero-order valence-corrected chi connectivity index (χ0v) is 12.7. The summed E-state index contributed by atoms with van der Waals surface area (Å²) in [7, 11) is 0. The Morgan fingerprint density at radius 2 is 1.65 bits per heavy atom. The topological polar surface area (TPSA) is 52.8 Å². The van der Waals surface area contributed by atoms with E-state index < -0.39 is 0 Å². The van der Waals surface area contributed by atoms with Crippen molar-refractivity contribution in [1.82, 2.24) is 10.2 Å². The van der Waals surface area contributed by atoms with Crippen LogP contribution in [0.15, 0.2) is 0 Å². The van der Waals surface area contributed by atoms with Crippen LogP contribution in [0.3, 0.4) is 0 Å². The van der Waals surface area contributed by atoms with Gasteiger partial charge in [0.2, 0.25) is 0 Å². The summed E-state index contributed by atoms with van der Waals surface area (Å²) in [6.07, 6.45) is 7.94. The minimum atomic E-state index is 0.750. The Morgan fingerprint density at radius 3 is 2.20 bits per heavy atom. The molecule has 1 aliphatic rings. The molecule has 20 heavy (non-hydrogen) atoms. The van der Waals surface area contributed by atoms with Crippen molar-refractivity contribution in [1.29, 1.82) is 5.26 Å². The van der Waals surface area contributed by atoms with Crippen molar-refractivity contribution in [2.75, 3.05) is 18.0 Å². The van der Waals surface area contributed by atoms with Crippen LogP contribution in [-0.4, -0.2) is 23.3 Å². The Kier molecular flexibility index (Phi) is 5.34. The second kappa shape index (κ2) is 7.23. The van der Waals surface area contributed by atoms with E-state index in [1.54, 1.807) is 0 Å². The maximum absolute atomic E-state index is 9.56. The second-order valence-corrected chi connectivity index (χ2v) is 5.40. The highest BCUT2D eigenvalue weighted by Gasteiger charge is 2.19. The van der Waals surface area contributed by atoms with Gasteiger partial charge in [-0.3, -0.25) is 0 Å². The Bertz CT molecular complexity index is 482. The van der Waals surface area contributed by atoms with Crippen LogP contribution in [0.2, 0.25) is 0 Å². The van der Waals surface area contributed by atoms with Crippen LogP contribution in [0.5, 0.6) is 0 Å². The van der Waals surface area contributed by atoms with E-state index in [-0.39, 0.29) is 0 Å². The molecule has 4 nitrogen and oxygen atoms in total. The molecule has 0 unspecified atom stereocenters. The van der Waals surface area contributed by atoms with Crippen molar-refractivity contribution >= 4 is 5.82 Å². The molecule has 2 rings (SSSR count). The first-order chi connectivity index (χ1) is 9.81. The summed E-state index contributed by atoms with van der Waals surface area (Å²) < 4.78 is 0. The van der Waals surface area contributed by atoms with Gasteiger partial charge in [-0.25, -0.2) is 0 Å². The van der Waals surface area contributed by atoms with E-state index in [1.807, 2.05) is 0 Å². The van der Waals surface area contributed by atoms with Crippen molar-refractivity contribution in [3.8, 4) is 6.07 Å². The van der Waals surface area contributed by atoms with E-state index in [0.29, 0.717) is 0 Å². The monoisotopic (exact) mass is 272 g/mol. The third-order valence-electron chi connectivity index (χ3n) is 4.10. The van der Waals surface area contributed by atoms with Crippen molar-refractivity contribution in [2.24, 2.45) is 0 Å². The molecule has 1 aromatic heterocycles. The van der Waals surface area contributed by atoms with Gasteiger partial charge in [0.05, 0.1) is 5.69 Å². The Labute approximate surface area is 121 Å². The van der Waals surface area contributed by atoms with Crippen LogP contribution in [0.4, 0.5) is 5.82 Å². The summed E-state index contributed by atoms with van der Waals surface area (Å²) in [4.78, 5) is 2.27. The van der Waals surface area contributed by atoms with Crippen molar-refractivity contribution in [3.63, 3.8) is 0 Å². The van der Waals surface area contributed by atoms with Crippen LogP contribution in [-0.2, 0) is 12.8 Å². The van der Waals surface area contributed by atoms with Gasteiger partial charge >= 0.3 is 0 Å². The van der Waals surface area contributed by atoms with E-state index in [0.717, 1.165) is 48.6 Å². The molecule has 0 atom stereocenters. The summed E-state index contributed by atoms with van der Waals surface area (Å²) in [6, 6.07) is 2.38. The zero-order valence-electron chi connectivity index (χ0n) is 12.7. The highest BCUT2D eigenvalue weighted by atomic mass is 15.3. The standard InChI is InChI=1S/C16H24N4/c1-3-13-14(12-17)16(19-18-15(13)4-2)20-10-8-6-5-7-9-11-20/h3-11H2,1-2H3. The van der Waals surface area contributed by atoms with E-state index in [1.165, 1.54) is 32.1 Å². The highest BCUT2D eigenvalue weighted by molar-refractivity contribution is 5.58. The van der Waals surface area contributed by atoms with Crippen LogP contribution in [0.25, 0.3) is 0 Å². The van der Waals surface area contributed by atoms with Gasteiger partial charge in [-0.1, -0.05) is 33.1 Å². The van der Waals surface area contributed by atoms with Crippen LogP contribution in [0.1, 0.15) is 62.8 Å². The van der Waals surface area contributed by atoms with Gasteiger partial charge < -0.3 is 4.90 Å². The molecular weight excluding hydrogens is 248 g/mol. The number of nitrogens with zero attached hydrogens (tertiary/aromatic N) is 4. The lowest BCUT2D eigenvalue weighted by Crippen LogP contribution is -2.29. The van der Waals surface area contributed by atoms with Gasteiger partial charge in [-0.2, -0.15) is 10.4 Å². The fourth-order valence-electron chi connectivity index (χ4n) is 2.96. The number of hydrogen-bond acceptors (Lipinski definition) is 4. The number of rotatable bonds is 3. The van der Waals surface area contributed by atoms with Gasteiger partial charge in [-0.05, 0) is 31.2 Å². The Hall–Kier alpha value is -1.63. The normalized spacial score (nSPS) is 16.4. The molecule has 0 spiro atoms. The molecule has 1 aliphatic heterocycles. The maximum atomic E-state index is 9.56. The lowest BCUT2D eigenvalue weighted by atomic mass is 10.0. The van der Waals surface area contributed by atoms with Crippen molar-refractivity contribution in [3.05, 3.63) is 16.8 Å². The molecule has 0 amide bonds. The second-order valence-electron chi connectivity index (χ2n) is 5.40. The van der Waals surface area contributed by atoms with Gasteiger partial charge in [0.25, 0.3) is 0 Å². The number of nitriles is 1. The molecular formula is C16H24N4. The van der Waals surface area contributed by atoms with E-state index in [4.69, 9.17) is 0 Å². The zero-order chi connectivity index (χ0) is 14.4. The molecule has 0 saturated carbocycles. The van der Waals surface area contributed by atoms with E-state index in [9.17, 15) is 5.26 Å². The summed E-state index contributed by atoms with van der Waals surface area (Å²) in [6.45, 7) is 6.16. The quantitative estimate of drug-likeness (QED) is 0.847. The number of hydrogen-bond donors (Lipinski definition) is 0. The summed E-state index contributed by atoms with van der Waals surface area (Å²) in [5, 5.41) is 18.3. The molecule has 4 heteroatoms. The van der Waals surface area contributed by atoms with Gasteiger partial charge in [0.1, 0.15) is 11.6 Å². The summed E-state index contributed by atoms with van der Waals surface area (Å²) in [5.74, 6) is 0.809. The van der Waals surface area contributed by atoms with Gasteiger partial charge in [0.15, 0.2) is 5.82 Å². The van der Waals surface area contributed by atoms with Crippen molar-refractivity contribution < 1.29 is 0 Å². The largest absolute Gasteiger partial charge is 0.354 e. The molecule has 0 bridgehead atoms. The minimum absolute atomic E-state index is 0.750. The maximum Gasteiger partial charge on any atom is 0.169 e. The third kappa shape index (κ3) is 3.09. The number of aromatic nitrogens is 2. The first-order valence-corrected chi connectivity index (χ1v) is 7.85. The Morgan fingerprint density at radius 1 is 1.00 bits per heavy atom. The van der Waals surface area contributed by atoms with Gasteiger partial charge in [-0.15, -0.1) is 5.10 Å². The van der Waals surface area contributed by atoms with Crippen LogP contribution in [0, 0.1) is 11.3 Å². The van der Waals surface area contributed by atoms with Gasteiger partial charge in [0, 0.05) is 13.1 Å². The predicted molar refractivity (Wildman–Crippen MR) is 80.8 cm³/mol. The molecule has 2 heterocycles. The third-order valence-corrected chi connectivity index (χ3v) is 4.10. The molecule has 1 fully saturated rings. The first-order valence-electron chi connectivity index (χ1n) is 7.85. The SMILES string of the molecule is CCc1nnc(N2CCCCCCC2)c(C#N)c1CC. The minimum Gasteiger partial charge on any atom is -0.354 e. The number of aryl methyl sites for hydroxylation is 1. The smallest absolute Gasteiger partial charge is 0.169 e. The van der Waals surface area contributed by atoms with Crippen LogP contribution < -0.4 is 4.90 Å². The van der Waals surface area contributed by atoms with E-state index in [2.05, 4.69) is 35.0 Å². The Balaban J connectivity index is 2.37. The van der Waals surface area contributed by atoms with Crippen LogP contribution >= 0.6 is 0 Å². The number of anilines is 1. The molecule has 0 radical (unpaired) electrons. The molecule has 0 N–H and O–H groups in total. The molecule has 1 aromatic rings. The molecule has 0 aromatic carbocycles. The van der Waals surface area contributed by atoms with Crippen molar-refractivity contribution in [2.45, 2.75) is 58.8 Å². The average Bonchev–Trinajstić information content (AvgIpc) is 2.45.